The first-order valence-electron chi connectivity index (χ1n) is 5.87. The SMILES string of the molecule is CCN(CC)c1nccc(C(=O)OC(C)C)n1. The average Bonchev–Trinajstić information content (AvgIpc) is 2.30. The maximum absolute atomic E-state index is 11.7. The van der Waals surface area contributed by atoms with Crippen LogP contribution in [0.15, 0.2) is 12.3 Å². The highest BCUT2D eigenvalue weighted by Gasteiger charge is 2.13. The van der Waals surface area contributed by atoms with Crippen LogP contribution in [0, 0.1) is 0 Å². The molecule has 94 valence electrons. The van der Waals surface area contributed by atoms with Crippen molar-refractivity contribution >= 4 is 11.9 Å². The Morgan fingerprint density at radius 3 is 2.59 bits per heavy atom. The van der Waals surface area contributed by atoms with Gasteiger partial charge in [-0.2, -0.15) is 0 Å². The molecule has 1 heterocycles. The molecule has 0 bridgehead atoms. The van der Waals surface area contributed by atoms with Crippen LogP contribution < -0.4 is 4.90 Å². The van der Waals surface area contributed by atoms with Gasteiger partial charge in [-0.05, 0) is 33.8 Å². The minimum absolute atomic E-state index is 0.144. The average molecular weight is 237 g/mol. The number of anilines is 1. The van der Waals surface area contributed by atoms with E-state index in [1.807, 2.05) is 32.6 Å². The molecule has 0 unspecified atom stereocenters. The quantitative estimate of drug-likeness (QED) is 0.732. The normalized spacial score (nSPS) is 10.4. The van der Waals surface area contributed by atoms with Gasteiger partial charge in [-0.25, -0.2) is 14.8 Å². The molecule has 0 saturated heterocycles. The molecule has 0 amide bonds. The van der Waals surface area contributed by atoms with Crippen molar-refractivity contribution in [3.05, 3.63) is 18.0 Å². The van der Waals surface area contributed by atoms with Gasteiger partial charge in [0.05, 0.1) is 6.10 Å². The van der Waals surface area contributed by atoms with Gasteiger partial charge in [0.2, 0.25) is 5.95 Å². The Kier molecular flexibility index (Phi) is 4.87. The van der Waals surface area contributed by atoms with Crippen LogP contribution >= 0.6 is 0 Å². The Balaban J connectivity index is 2.88. The van der Waals surface area contributed by atoms with Crippen molar-refractivity contribution < 1.29 is 9.53 Å². The van der Waals surface area contributed by atoms with Crippen LogP contribution in [-0.2, 0) is 4.74 Å². The molecule has 0 radical (unpaired) electrons. The summed E-state index contributed by atoms with van der Waals surface area (Å²) in [6.45, 7) is 9.27. The van der Waals surface area contributed by atoms with Crippen molar-refractivity contribution in [2.45, 2.75) is 33.8 Å². The summed E-state index contributed by atoms with van der Waals surface area (Å²) >= 11 is 0. The maximum Gasteiger partial charge on any atom is 0.357 e. The molecule has 0 aliphatic carbocycles. The summed E-state index contributed by atoms with van der Waals surface area (Å²) in [5, 5.41) is 0. The first kappa shape index (κ1) is 13.4. The van der Waals surface area contributed by atoms with E-state index in [0.29, 0.717) is 11.6 Å². The van der Waals surface area contributed by atoms with Gasteiger partial charge in [0, 0.05) is 19.3 Å². The monoisotopic (exact) mass is 237 g/mol. The second-order valence-electron chi connectivity index (χ2n) is 3.87. The predicted octanol–water partition coefficient (Wildman–Crippen LogP) is 1.89. The van der Waals surface area contributed by atoms with E-state index >= 15 is 0 Å². The lowest BCUT2D eigenvalue weighted by molar-refractivity contribution is 0.0370. The van der Waals surface area contributed by atoms with Crippen LogP contribution in [0.4, 0.5) is 5.95 Å². The third-order valence-electron chi connectivity index (χ3n) is 2.24. The number of hydrogen-bond donors (Lipinski definition) is 0. The maximum atomic E-state index is 11.7. The van der Waals surface area contributed by atoms with Crippen LogP contribution in [0.25, 0.3) is 0 Å². The first-order chi connectivity index (χ1) is 8.08. The molecule has 1 aromatic rings. The van der Waals surface area contributed by atoms with Crippen LogP contribution in [0.1, 0.15) is 38.2 Å². The number of ether oxygens (including phenoxy) is 1. The number of nitrogens with zero attached hydrogens (tertiary/aromatic N) is 3. The number of rotatable bonds is 5. The van der Waals surface area contributed by atoms with Crippen LogP contribution in [-0.4, -0.2) is 35.1 Å². The Morgan fingerprint density at radius 2 is 2.06 bits per heavy atom. The molecule has 17 heavy (non-hydrogen) atoms. The molecule has 0 aliphatic heterocycles. The summed E-state index contributed by atoms with van der Waals surface area (Å²) in [5.74, 6) is 0.156. The molecule has 0 N–H and O–H groups in total. The number of carbonyl (C=O) groups excluding carboxylic acids is 1. The van der Waals surface area contributed by atoms with Crippen molar-refractivity contribution in [1.82, 2.24) is 9.97 Å². The largest absolute Gasteiger partial charge is 0.458 e. The highest BCUT2D eigenvalue weighted by Crippen LogP contribution is 2.08. The van der Waals surface area contributed by atoms with E-state index in [1.165, 1.54) is 0 Å². The molecule has 0 saturated carbocycles. The molecule has 0 aromatic carbocycles. The molecule has 0 fully saturated rings. The minimum atomic E-state index is -0.407. The lowest BCUT2D eigenvalue weighted by Crippen LogP contribution is -2.25. The standard InChI is InChI=1S/C12H19N3O2/c1-5-15(6-2)12-13-8-7-10(14-12)11(16)17-9(3)4/h7-9H,5-6H2,1-4H3. The van der Waals surface area contributed by atoms with E-state index in [-0.39, 0.29) is 6.10 Å². The van der Waals surface area contributed by atoms with Gasteiger partial charge in [-0.1, -0.05) is 0 Å². The fourth-order valence-electron chi connectivity index (χ4n) is 1.40. The molecule has 0 atom stereocenters. The second-order valence-corrected chi connectivity index (χ2v) is 3.87. The summed E-state index contributed by atoms with van der Waals surface area (Å²) < 4.78 is 5.09. The van der Waals surface area contributed by atoms with E-state index in [1.54, 1.807) is 12.3 Å². The fraction of sp³-hybridized carbons (Fsp3) is 0.583. The van der Waals surface area contributed by atoms with Crippen LogP contribution in [0.3, 0.4) is 0 Å². The number of carbonyl (C=O) groups is 1. The highest BCUT2D eigenvalue weighted by atomic mass is 16.5. The molecular formula is C12H19N3O2. The van der Waals surface area contributed by atoms with Gasteiger partial charge in [0.25, 0.3) is 0 Å². The number of esters is 1. The van der Waals surface area contributed by atoms with Crippen molar-refractivity contribution in [3.8, 4) is 0 Å². The van der Waals surface area contributed by atoms with Gasteiger partial charge in [-0.15, -0.1) is 0 Å². The minimum Gasteiger partial charge on any atom is -0.458 e. The Labute approximate surface area is 102 Å². The van der Waals surface area contributed by atoms with E-state index in [2.05, 4.69) is 9.97 Å². The molecule has 0 spiro atoms. The van der Waals surface area contributed by atoms with Gasteiger partial charge < -0.3 is 9.64 Å². The van der Waals surface area contributed by atoms with Gasteiger partial charge in [0.15, 0.2) is 5.69 Å². The van der Waals surface area contributed by atoms with Crippen molar-refractivity contribution in [1.29, 1.82) is 0 Å². The van der Waals surface area contributed by atoms with Crippen molar-refractivity contribution in [2.24, 2.45) is 0 Å². The topological polar surface area (TPSA) is 55.3 Å². The van der Waals surface area contributed by atoms with Crippen LogP contribution in [0.2, 0.25) is 0 Å². The summed E-state index contributed by atoms with van der Waals surface area (Å²) in [7, 11) is 0. The molecule has 5 heteroatoms. The Hall–Kier alpha value is -1.65. The summed E-state index contributed by atoms with van der Waals surface area (Å²) in [5.41, 5.74) is 0.301. The van der Waals surface area contributed by atoms with Gasteiger partial charge in [0.1, 0.15) is 0 Å². The summed E-state index contributed by atoms with van der Waals surface area (Å²) in [4.78, 5) is 22.0. The second kappa shape index (κ2) is 6.18. The van der Waals surface area contributed by atoms with Gasteiger partial charge in [-0.3, -0.25) is 0 Å². The number of aromatic nitrogens is 2. The van der Waals surface area contributed by atoms with Crippen molar-refractivity contribution in [3.63, 3.8) is 0 Å². The van der Waals surface area contributed by atoms with Crippen LogP contribution in [0.5, 0.6) is 0 Å². The molecule has 1 rings (SSSR count). The molecule has 5 nitrogen and oxygen atoms in total. The van der Waals surface area contributed by atoms with E-state index in [0.717, 1.165) is 13.1 Å². The highest BCUT2D eigenvalue weighted by molar-refractivity contribution is 5.87. The lowest BCUT2D eigenvalue weighted by atomic mass is 10.4. The third kappa shape index (κ3) is 3.69. The zero-order chi connectivity index (χ0) is 12.8. The van der Waals surface area contributed by atoms with Crippen molar-refractivity contribution in [2.75, 3.05) is 18.0 Å². The van der Waals surface area contributed by atoms with E-state index in [4.69, 9.17) is 4.74 Å². The molecular weight excluding hydrogens is 218 g/mol. The Bertz CT molecular complexity index is 376. The zero-order valence-corrected chi connectivity index (χ0v) is 10.8. The predicted molar refractivity (Wildman–Crippen MR) is 66.1 cm³/mol. The molecule has 1 aromatic heterocycles. The van der Waals surface area contributed by atoms with Gasteiger partial charge >= 0.3 is 5.97 Å². The Morgan fingerprint density at radius 1 is 1.41 bits per heavy atom. The smallest absolute Gasteiger partial charge is 0.357 e. The first-order valence-corrected chi connectivity index (χ1v) is 5.87. The fourth-order valence-corrected chi connectivity index (χ4v) is 1.40. The van der Waals surface area contributed by atoms with E-state index in [9.17, 15) is 4.79 Å². The number of hydrogen-bond acceptors (Lipinski definition) is 5. The summed E-state index contributed by atoms with van der Waals surface area (Å²) in [6.07, 6.45) is 1.44. The molecule has 0 aliphatic rings. The summed E-state index contributed by atoms with van der Waals surface area (Å²) in [6, 6.07) is 1.57. The lowest BCUT2D eigenvalue weighted by Gasteiger charge is -2.18. The zero-order valence-electron chi connectivity index (χ0n) is 10.8. The van der Waals surface area contributed by atoms with E-state index < -0.39 is 5.97 Å². The third-order valence-corrected chi connectivity index (χ3v) is 2.24.